The number of unbranched alkanes of at least 4 members (excludes halogenated alkanes) is 53. The summed E-state index contributed by atoms with van der Waals surface area (Å²) in [5, 5.41) is 23.1. The minimum Gasteiger partial charge on any atom is -0.466 e. The fourth-order valence-corrected chi connectivity index (χ4v) is 11.4. The molecule has 2 atom stereocenters. The van der Waals surface area contributed by atoms with Crippen LogP contribution in [0.4, 0.5) is 0 Å². The molecule has 0 radical (unpaired) electrons. The number of carbonyl (C=O) groups excluding carboxylic acids is 2. The zero-order valence-electron chi connectivity index (χ0n) is 54.1. The van der Waals surface area contributed by atoms with Gasteiger partial charge in [0.15, 0.2) is 0 Å². The van der Waals surface area contributed by atoms with Crippen molar-refractivity contribution in [2.24, 2.45) is 0 Å². The molecular formula is C74H141NO5. The first-order chi connectivity index (χ1) is 39.5. The van der Waals surface area contributed by atoms with Gasteiger partial charge in [0.25, 0.3) is 0 Å². The van der Waals surface area contributed by atoms with E-state index in [9.17, 15) is 19.8 Å². The van der Waals surface area contributed by atoms with Crippen molar-refractivity contribution in [1.29, 1.82) is 0 Å². The van der Waals surface area contributed by atoms with Crippen LogP contribution in [-0.4, -0.2) is 47.4 Å². The van der Waals surface area contributed by atoms with Gasteiger partial charge in [0.05, 0.1) is 25.4 Å². The van der Waals surface area contributed by atoms with E-state index in [0.29, 0.717) is 19.4 Å². The SMILES string of the molecule is CCCCCCCCCCCCC/C=C/C(O)C(CO)NC(=O)CCCCCCCCCCCCCCCCCCC/C=C\C/C=C\CCCCCCCCCCCCCCCCCOC(=O)CCCCCCCCCCCCC. The van der Waals surface area contributed by atoms with Gasteiger partial charge in [0.2, 0.25) is 5.91 Å². The van der Waals surface area contributed by atoms with Crippen LogP contribution >= 0.6 is 0 Å². The zero-order valence-corrected chi connectivity index (χ0v) is 54.1. The van der Waals surface area contributed by atoms with Gasteiger partial charge in [-0.15, -0.1) is 0 Å². The molecule has 0 aliphatic rings. The maximum absolute atomic E-state index is 12.5. The Kier molecular flexibility index (Phi) is 67.9. The third kappa shape index (κ3) is 65.2. The van der Waals surface area contributed by atoms with Crippen LogP contribution in [0.15, 0.2) is 36.5 Å². The summed E-state index contributed by atoms with van der Waals surface area (Å²) in [6.45, 7) is 4.92. The molecule has 6 heteroatoms. The summed E-state index contributed by atoms with van der Waals surface area (Å²) in [5.74, 6) is -0.0434. The molecule has 0 aliphatic carbocycles. The number of hydrogen-bond donors (Lipinski definition) is 3. The molecule has 80 heavy (non-hydrogen) atoms. The number of carbonyl (C=O) groups is 2. The molecule has 0 spiro atoms. The Hall–Kier alpha value is -1.92. The number of ether oxygens (including phenoxy) is 1. The van der Waals surface area contributed by atoms with E-state index < -0.39 is 12.1 Å². The summed E-state index contributed by atoms with van der Waals surface area (Å²) in [6, 6.07) is -0.625. The van der Waals surface area contributed by atoms with Crippen LogP contribution in [0.2, 0.25) is 0 Å². The second-order valence-electron chi connectivity index (χ2n) is 24.9. The summed E-state index contributed by atoms with van der Waals surface area (Å²) in [7, 11) is 0. The van der Waals surface area contributed by atoms with Crippen molar-refractivity contribution in [2.45, 2.75) is 411 Å². The summed E-state index contributed by atoms with van der Waals surface area (Å²) >= 11 is 0. The molecule has 0 aromatic rings. The molecule has 0 aromatic carbocycles. The maximum Gasteiger partial charge on any atom is 0.305 e. The highest BCUT2D eigenvalue weighted by atomic mass is 16.5. The fourth-order valence-electron chi connectivity index (χ4n) is 11.4. The highest BCUT2D eigenvalue weighted by Crippen LogP contribution is 2.19. The van der Waals surface area contributed by atoms with E-state index >= 15 is 0 Å². The largest absolute Gasteiger partial charge is 0.466 e. The third-order valence-electron chi connectivity index (χ3n) is 16.9. The summed E-state index contributed by atoms with van der Waals surface area (Å²) in [5.41, 5.74) is 0. The van der Waals surface area contributed by atoms with Gasteiger partial charge >= 0.3 is 5.97 Å². The van der Waals surface area contributed by atoms with Crippen molar-refractivity contribution in [3.8, 4) is 0 Å². The van der Waals surface area contributed by atoms with E-state index in [2.05, 4.69) is 43.5 Å². The van der Waals surface area contributed by atoms with Crippen molar-refractivity contribution >= 4 is 11.9 Å². The Morgan fingerprint density at radius 1 is 0.350 bits per heavy atom. The van der Waals surface area contributed by atoms with Crippen LogP contribution in [0.1, 0.15) is 399 Å². The second-order valence-corrected chi connectivity index (χ2v) is 24.9. The van der Waals surface area contributed by atoms with Crippen molar-refractivity contribution in [3.05, 3.63) is 36.5 Å². The van der Waals surface area contributed by atoms with Crippen molar-refractivity contribution in [2.75, 3.05) is 13.2 Å². The van der Waals surface area contributed by atoms with E-state index in [1.54, 1.807) is 6.08 Å². The molecule has 0 aromatic heterocycles. The van der Waals surface area contributed by atoms with Crippen LogP contribution in [0.5, 0.6) is 0 Å². The van der Waals surface area contributed by atoms with Crippen LogP contribution in [0, 0.1) is 0 Å². The van der Waals surface area contributed by atoms with Gasteiger partial charge < -0.3 is 20.3 Å². The lowest BCUT2D eigenvalue weighted by Gasteiger charge is -2.20. The normalized spacial score (nSPS) is 12.7. The Labute approximate surface area is 500 Å². The monoisotopic (exact) mass is 1120 g/mol. The fraction of sp³-hybridized carbons (Fsp3) is 0.892. The standard InChI is InChI=1S/C74H141NO5/c1-3-5-7-9-11-13-15-43-47-50-54-58-62-66-72(77)71(70-76)75-73(78)67-63-59-55-51-48-44-41-39-37-35-33-31-29-27-25-23-21-19-17-16-18-20-22-24-26-28-30-32-34-36-38-40-42-45-49-53-57-61-65-69-80-74(79)68-64-60-56-52-46-14-12-10-8-6-4-2/h16-17,20,22,62,66,71-72,76-77H,3-15,18-19,21,23-61,63-65,67-70H2,1-2H3,(H,75,78)/b17-16-,22-20-,66-62+. The smallest absolute Gasteiger partial charge is 0.305 e. The molecule has 3 N–H and O–H groups in total. The van der Waals surface area contributed by atoms with Crippen LogP contribution in [-0.2, 0) is 14.3 Å². The van der Waals surface area contributed by atoms with E-state index in [4.69, 9.17) is 4.74 Å². The second kappa shape index (κ2) is 69.6. The lowest BCUT2D eigenvalue weighted by Crippen LogP contribution is -2.45. The zero-order chi connectivity index (χ0) is 57.8. The van der Waals surface area contributed by atoms with Crippen LogP contribution in [0.25, 0.3) is 0 Å². The number of aliphatic hydroxyl groups excluding tert-OH is 2. The molecule has 0 saturated heterocycles. The minimum absolute atomic E-state index is 0.0201. The van der Waals surface area contributed by atoms with Gasteiger partial charge in [-0.1, -0.05) is 359 Å². The number of amides is 1. The predicted molar refractivity (Wildman–Crippen MR) is 352 cm³/mol. The van der Waals surface area contributed by atoms with E-state index in [-0.39, 0.29) is 18.5 Å². The Bertz CT molecular complexity index is 1300. The summed E-state index contributed by atoms with van der Waals surface area (Å²) in [4.78, 5) is 24.5. The van der Waals surface area contributed by atoms with E-state index in [1.165, 1.54) is 327 Å². The lowest BCUT2D eigenvalue weighted by molar-refractivity contribution is -0.143. The van der Waals surface area contributed by atoms with Gasteiger partial charge in [-0.2, -0.15) is 0 Å². The predicted octanol–water partition coefficient (Wildman–Crippen LogP) is 23.5. The average Bonchev–Trinajstić information content (AvgIpc) is 3.46. The average molecular weight is 1120 g/mol. The first-order valence-corrected chi connectivity index (χ1v) is 36.3. The van der Waals surface area contributed by atoms with Crippen molar-refractivity contribution < 1.29 is 24.5 Å². The Balaban J connectivity index is 3.35. The van der Waals surface area contributed by atoms with Gasteiger partial charge in [0, 0.05) is 12.8 Å². The first-order valence-electron chi connectivity index (χ1n) is 36.3. The molecule has 6 nitrogen and oxygen atoms in total. The van der Waals surface area contributed by atoms with Crippen molar-refractivity contribution in [3.63, 3.8) is 0 Å². The summed E-state index contributed by atoms with van der Waals surface area (Å²) in [6.07, 6.45) is 89.7. The topological polar surface area (TPSA) is 95.9 Å². The Morgan fingerprint density at radius 2 is 0.625 bits per heavy atom. The van der Waals surface area contributed by atoms with E-state index in [1.807, 2.05) is 6.08 Å². The number of allylic oxidation sites excluding steroid dienone is 5. The number of aliphatic hydroxyl groups is 2. The number of nitrogens with one attached hydrogen (secondary N) is 1. The Morgan fingerprint density at radius 3 is 0.950 bits per heavy atom. The maximum atomic E-state index is 12.5. The number of hydrogen-bond acceptors (Lipinski definition) is 5. The third-order valence-corrected chi connectivity index (χ3v) is 16.9. The lowest BCUT2D eigenvalue weighted by atomic mass is 10.0. The van der Waals surface area contributed by atoms with Gasteiger partial charge in [-0.05, 0) is 64.2 Å². The van der Waals surface area contributed by atoms with Gasteiger partial charge in [-0.25, -0.2) is 0 Å². The molecule has 472 valence electrons. The molecule has 0 aliphatic heterocycles. The molecule has 0 fully saturated rings. The highest BCUT2D eigenvalue weighted by molar-refractivity contribution is 5.76. The summed E-state index contributed by atoms with van der Waals surface area (Å²) < 4.78 is 5.48. The van der Waals surface area contributed by atoms with Crippen molar-refractivity contribution in [1.82, 2.24) is 5.32 Å². The number of esters is 1. The van der Waals surface area contributed by atoms with E-state index in [0.717, 1.165) is 44.9 Å². The molecular weight excluding hydrogens is 983 g/mol. The van der Waals surface area contributed by atoms with Gasteiger partial charge in [0.1, 0.15) is 0 Å². The molecule has 0 bridgehead atoms. The molecule has 1 amide bonds. The first kappa shape index (κ1) is 78.1. The minimum atomic E-state index is -0.841. The van der Waals surface area contributed by atoms with Gasteiger partial charge in [-0.3, -0.25) is 9.59 Å². The molecule has 0 rings (SSSR count). The molecule has 0 heterocycles. The number of rotatable bonds is 68. The van der Waals surface area contributed by atoms with Crippen LogP contribution in [0.3, 0.4) is 0 Å². The highest BCUT2D eigenvalue weighted by Gasteiger charge is 2.18. The molecule has 2 unspecified atom stereocenters. The van der Waals surface area contributed by atoms with Crippen LogP contribution < -0.4 is 5.32 Å². The molecule has 0 saturated carbocycles. The quantitative estimate of drug-likeness (QED) is 0.0320.